The van der Waals surface area contributed by atoms with E-state index in [9.17, 15) is 9.59 Å². The first-order chi connectivity index (χ1) is 12.1. The predicted molar refractivity (Wildman–Crippen MR) is 96.6 cm³/mol. The molecule has 1 fully saturated rings. The molecule has 2 heterocycles. The van der Waals surface area contributed by atoms with Crippen molar-refractivity contribution < 1.29 is 9.59 Å². The molecule has 2 amide bonds. The van der Waals surface area contributed by atoms with E-state index in [1.165, 1.54) is 12.5 Å². The van der Waals surface area contributed by atoms with Crippen molar-refractivity contribution in [3.63, 3.8) is 0 Å². The molecule has 1 N–H and O–H groups in total. The molecule has 0 atom stereocenters. The highest BCUT2D eigenvalue weighted by molar-refractivity contribution is 5.95. The van der Waals surface area contributed by atoms with Gasteiger partial charge in [0, 0.05) is 56.4 Å². The van der Waals surface area contributed by atoms with Gasteiger partial charge >= 0.3 is 6.03 Å². The lowest BCUT2D eigenvalue weighted by molar-refractivity contribution is 0.101. The topological polar surface area (TPSA) is 65.5 Å². The Kier molecular flexibility index (Phi) is 5.40. The number of benzene rings is 1. The normalized spacial score (nSPS) is 15.0. The maximum Gasteiger partial charge on any atom is 0.321 e. The predicted octanol–water partition coefficient (Wildman–Crippen LogP) is 2.63. The fraction of sp³-hybridized carbons (Fsp3) is 0.316. The third kappa shape index (κ3) is 4.64. The number of nitrogens with one attached hydrogen (secondary N) is 1. The van der Waals surface area contributed by atoms with Gasteiger partial charge in [-0.3, -0.25) is 14.7 Å². The molecule has 1 aliphatic rings. The standard InChI is InChI=1S/C19H22N4O2/c1-15(24)17-4-6-18(7-5-17)21-19(25)23-11-9-22(10-12-23)14-16-3-2-8-20-13-16/h2-8,13H,9-12,14H2,1H3,(H,21,25). The highest BCUT2D eigenvalue weighted by Crippen LogP contribution is 2.13. The number of hydrogen-bond acceptors (Lipinski definition) is 4. The molecule has 1 aliphatic heterocycles. The summed E-state index contributed by atoms with van der Waals surface area (Å²) in [6, 6.07) is 10.9. The Balaban J connectivity index is 1.49. The number of carbonyl (C=O) groups excluding carboxylic acids is 2. The Morgan fingerprint density at radius 1 is 1.08 bits per heavy atom. The molecule has 0 radical (unpaired) electrons. The summed E-state index contributed by atoms with van der Waals surface area (Å²) in [7, 11) is 0. The van der Waals surface area contributed by atoms with Crippen LogP contribution in [0.2, 0.25) is 0 Å². The molecular weight excluding hydrogens is 316 g/mol. The molecule has 0 spiro atoms. The highest BCUT2D eigenvalue weighted by Gasteiger charge is 2.21. The molecule has 0 aliphatic carbocycles. The van der Waals surface area contributed by atoms with Crippen LogP contribution in [0.3, 0.4) is 0 Å². The summed E-state index contributed by atoms with van der Waals surface area (Å²) in [6.07, 6.45) is 3.65. The van der Waals surface area contributed by atoms with E-state index in [0.717, 1.165) is 19.6 Å². The number of rotatable bonds is 4. The monoisotopic (exact) mass is 338 g/mol. The molecule has 0 saturated carbocycles. The van der Waals surface area contributed by atoms with Crippen molar-refractivity contribution in [1.82, 2.24) is 14.8 Å². The number of nitrogens with zero attached hydrogens (tertiary/aromatic N) is 3. The van der Waals surface area contributed by atoms with Crippen molar-refractivity contribution in [2.24, 2.45) is 0 Å². The zero-order valence-electron chi connectivity index (χ0n) is 14.3. The van der Waals surface area contributed by atoms with E-state index in [1.807, 2.05) is 17.2 Å². The minimum absolute atomic E-state index is 0.0163. The molecule has 1 saturated heterocycles. The van der Waals surface area contributed by atoms with E-state index >= 15 is 0 Å². The number of hydrogen-bond donors (Lipinski definition) is 1. The van der Waals surface area contributed by atoms with Crippen LogP contribution in [0, 0.1) is 0 Å². The Labute approximate surface area is 147 Å². The number of piperazine rings is 1. The van der Waals surface area contributed by atoms with E-state index in [0.29, 0.717) is 24.3 Å². The zero-order valence-corrected chi connectivity index (χ0v) is 14.3. The van der Waals surface area contributed by atoms with Gasteiger partial charge in [-0.15, -0.1) is 0 Å². The van der Waals surface area contributed by atoms with Gasteiger partial charge in [-0.05, 0) is 42.8 Å². The summed E-state index contributed by atoms with van der Waals surface area (Å²) in [5.74, 6) is 0.0163. The van der Waals surface area contributed by atoms with Crippen molar-refractivity contribution in [1.29, 1.82) is 0 Å². The van der Waals surface area contributed by atoms with E-state index in [1.54, 1.807) is 30.5 Å². The maximum atomic E-state index is 12.4. The molecule has 6 nitrogen and oxygen atoms in total. The van der Waals surface area contributed by atoms with Crippen LogP contribution >= 0.6 is 0 Å². The van der Waals surface area contributed by atoms with E-state index < -0.39 is 0 Å². The van der Waals surface area contributed by atoms with Crippen LogP contribution in [0.5, 0.6) is 0 Å². The summed E-state index contributed by atoms with van der Waals surface area (Å²) in [6.45, 7) is 5.45. The summed E-state index contributed by atoms with van der Waals surface area (Å²) >= 11 is 0. The fourth-order valence-electron chi connectivity index (χ4n) is 2.85. The van der Waals surface area contributed by atoms with Gasteiger partial charge in [-0.25, -0.2) is 4.79 Å². The van der Waals surface area contributed by atoms with Crippen molar-refractivity contribution in [2.75, 3.05) is 31.5 Å². The highest BCUT2D eigenvalue weighted by atomic mass is 16.2. The van der Waals surface area contributed by atoms with Gasteiger partial charge in [0.15, 0.2) is 5.78 Å². The van der Waals surface area contributed by atoms with Crippen molar-refractivity contribution >= 4 is 17.5 Å². The molecule has 130 valence electrons. The van der Waals surface area contributed by atoms with Gasteiger partial charge in [0.25, 0.3) is 0 Å². The Morgan fingerprint density at radius 3 is 2.40 bits per heavy atom. The van der Waals surface area contributed by atoms with Crippen molar-refractivity contribution in [3.05, 3.63) is 59.9 Å². The van der Waals surface area contributed by atoms with Crippen LogP contribution in [-0.2, 0) is 6.54 Å². The van der Waals surface area contributed by atoms with Crippen LogP contribution in [0.4, 0.5) is 10.5 Å². The molecule has 2 aromatic rings. The van der Waals surface area contributed by atoms with Gasteiger partial charge in [0.1, 0.15) is 0 Å². The second-order valence-corrected chi connectivity index (χ2v) is 6.19. The minimum atomic E-state index is -0.100. The summed E-state index contributed by atoms with van der Waals surface area (Å²) in [5.41, 5.74) is 2.53. The van der Waals surface area contributed by atoms with Crippen LogP contribution in [0.1, 0.15) is 22.8 Å². The quantitative estimate of drug-likeness (QED) is 0.871. The van der Waals surface area contributed by atoms with Gasteiger partial charge in [0.05, 0.1) is 0 Å². The first-order valence-corrected chi connectivity index (χ1v) is 8.40. The van der Waals surface area contributed by atoms with Crippen LogP contribution in [-0.4, -0.2) is 52.8 Å². The number of urea groups is 1. The largest absolute Gasteiger partial charge is 0.322 e. The second kappa shape index (κ2) is 7.90. The van der Waals surface area contributed by atoms with Gasteiger partial charge in [-0.1, -0.05) is 6.07 Å². The first-order valence-electron chi connectivity index (χ1n) is 8.40. The Hall–Kier alpha value is -2.73. The van der Waals surface area contributed by atoms with Gasteiger partial charge < -0.3 is 10.2 Å². The third-order valence-electron chi connectivity index (χ3n) is 4.33. The molecular formula is C19H22N4O2. The molecule has 0 bridgehead atoms. The Morgan fingerprint density at radius 2 is 1.80 bits per heavy atom. The second-order valence-electron chi connectivity index (χ2n) is 6.19. The maximum absolute atomic E-state index is 12.4. The fourth-order valence-corrected chi connectivity index (χ4v) is 2.85. The number of aromatic nitrogens is 1. The average molecular weight is 338 g/mol. The number of Topliss-reactive ketones (excluding diaryl/α,β-unsaturated/α-hetero) is 1. The zero-order chi connectivity index (χ0) is 17.6. The third-order valence-corrected chi connectivity index (χ3v) is 4.33. The number of amides is 2. The number of anilines is 1. The van der Waals surface area contributed by atoms with Crippen molar-refractivity contribution in [3.8, 4) is 0 Å². The molecule has 3 rings (SSSR count). The lowest BCUT2D eigenvalue weighted by Crippen LogP contribution is -2.49. The number of pyridine rings is 1. The lowest BCUT2D eigenvalue weighted by atomic mass is 10.1. The summed E-state index contributed by atoms with van der Waals surface area (Å²) < 4.78 is 0. The van der Waals surface area contributed by atoms with Gasteiger partial charge in [-0.2, -0.15) is 0 Å². The van der Waals surface area contributed by atoms with Crippen LogP contribution in [0.15, 0.2) is 48.8 Å². The minimum Gasteiger partial charge on any atom is -0.322 e. The summed E-state index contributed by atoms with van der Waals surface area (Å²) in [5, 5.41) is 2.89. The Bertz CT molecular complexity index is 723. The average Bonchev–Trinajstić information content (AvgIpc) is 2.63. The smallest absolute Gasteiger partial charge is 0.321 e. The lowest BCUT2D eigenvalue weighted by Gasteiger charge is -2.34. The molecule has 1 aromatic carbocycles. The van der Waals surface area contributed by atoms with E-state index in [2.05, 4.69) is 21.3 Å². The van der Waals surface area contributed by atoms with E-state index in [4.69, 9.17) is 0 Å². The van der Waals surface area contributed by atoms with Crippen LogP contribution in [0.25, 0.3) is 0 Å². The number of carbonyl (C=O) groups is 2. The van der Waals surface area contributed by atoms with Crippen LogP contribution < -0.4 is 5.32 Å². The number of ketones is 1. The van der Waals surface area contributed by atoms with E-state index in [-0.39, 0.29) is 11.8 Å². The molecule has 1 aromatic heterocycles. The molecule has 6 heteroatoms. The first kappa shape index (κ1) is 17.1. The molecule has 25 heavy (non-hydrogen) atoms. The summed E-state index contributed by atoms with van der Waals surface area (Å²) in [4.78, 5) is 31.9. The SMILES string of the molecule is CC(=O)c1ccc(NC(=O)N2CCN(Cc3cccnc3)CC2)cc1. The van der Waals surface area contributed by atoms with Gasteiger partial charge in [0.2, 0.25) is 0 Å². The molecule has 0 unspecified atom stereocenters. The van der Waals surface area contributed by atoms with Crippen molar-refractivity contribution in [2.45, 2.75) is 13.5 Å².